The van der Waals surface area contributed by atoms with Gasteiger partial charge in [-0.05, 0) is 24.1 Å². The molecule has 0 saturated heterocycles. The van der Waals surface area contributed by atoms with Gasteiger partial charge in [-0.1, -0.05) is 12.1 Å². The third-order valence-electron chi connectivity index (χ3n) is 2.58. The molecule has 2 atom stereocenters. The van der Waals surface area contributed by atoms with Crippen LogP contribution in [0.3, 0.4) is 0 Å². The van der Waals surface area contributed by atoms with Gasteiger partial charge >= 0.3 is 5.97 Å². The lowest BCUT2D eigenvalue weighted by Gasteiger charge is -2.15. The van der Waals surface area contributed by atoms with E-state index in [-0.39, 0.29) is 17.9 Å². The first kappa shape index (κ1) is 14.5. The van der Waals surface area contributed by atoms with Crippen LogP contribution in [0, 0.1) is 5.92 Å². The predicted molar refractivity (Wildman–Crippen MR) is 69.8 cm³/mol. The summed E-state index contributed by atoms with van der Waals surface area (Å²) >= 11 is 3.84. The average molecular weight is 269 g/mol. The van der Waals surface area contributed by atoms with Crippen molar-refractivity contribution in [3.63, 3.8) is 0 Å². The van der Waals surface area contributed by atoms with Crippen LogP contribution in [0.15, 0.2) is 24.3 Å². The molecule has 0 unspecified atom stereocenters. The Kier molecular flexibility index (Phi) is 5.18. The van der Waals surface area contributed by atoms with E-state index in [0.29, 0.717) is 0 Å². The molecule has 0 bridgehead atoms. The van der Waals surface area contributed by atoms with Gasteiger partial charge in [-0.3, -0.25) is 9.59 Å². The third kappa shape index (κ3) is 3.75. The van der Waals surface area contributed by atoms with E-state index < -0.39 is 23.7 Å². The lowest BCUT2D eigenvalue weighted by atomic mass is 9.95. The highest BCUT2D eigenvalue weighted by Crippen LogP contribution is 2.13. The number of Topliss-reactive ketones (excluding diaryl/α,β-unsaturated/α-hetero) is 1. The van der Waals surface area contributed by atoms with E-state index in [2.05, 4.69) is 12.6 Å². The molecule has 0 fully saturated rings. The maximum absolute atomic E-state index is 11.8. The van der Waals surface area contributed by atoms with Gasteiger partial charge in [-0.25, -0.2) is 0 Å². The molecular formula is C12H15NO4S. The Morgan fingerprint density at radius 2 is 1.83 bits per heavy atom. The number of benzene rings is 1. The molecule has 0 heterocycles. The largest absolute Gasteiger partial charge is 0.508 e. The van der Waals surface area contributed by atoms with Crippen molar-refractivity contribution >= 4 is 24.4 Å². The molecule has 98 valence electrons. The van der Waals surface area contributed by atoms with Gasteiger partial charge in [-0.2, -0.15) is 12.6 Å². The third-order valence-corrected chi connectivity index (χ3v) is 2.95. The van der Waals surface area contributed by atoms with Gasteiger partial charge in [0.25, 0.3) is 0 Å². The summed E-state index contributed by atoms with van der Waals surface area (Å²) in [5.41, 5.74) is 6.45. The van der Waals surface area contributed by atoms with Crippen molar-refractivity contribution in [3.8, 4) is 5.75 Å². The van der Waals surface area contributed by atoms with Crippen molar-refractivity contribution in [3.05, 3.63) is 29.8 Å². The second-order valence-electron chi connectivity index (χ2n) is 3.95. The summed E-state index contributed by atoms with van der Waals surface area (Å²) in [7, 11) is 0. The van der Waals surface area contributed by atoms with Crippen molar-refractivity contribution in [1.82, 2.24) is 0 Å². The highest BCUT2D eigenvalue weighted by Gasteiger charge is 2.29. The van der Waals surface area contributed by atoms with E-state index in [1.54, 1.807) is 12.1 Å². The number of ketones is 1. The minimum Gasteiger partial charge on any atom is -0.508 e. The second kappa shape index (κ2) is 6.42. The Morgan fingerprint density at radius 1 is 1.28 bits per heavy atom. The number of carbonyl (C=O) groups is 2. The Balaban J connectivity index is 2.70. The molecule has 0 aliphatic rings. The maximum atomic E-state index is 11.8. The zero-order valence-corrected chi connectivity index (χ0v) is 10.5. The average Bonchev–Trinajstić information content (AvgIpc) is 2.32. The quantitative estimate of drug-likeness (QED) is 0.444. The molecule has 0 saturated carbocycles. The van der Waals surface area contributed by atoms with Crippen molar-refractivity contribution in [1.29, 1.82) is 0 Å². The fourth-order valence-corrected chi connectivity index (χ4v) is 1.87. The number of hydrogen-bond donors (Lipinski definition) is 4. The van der Waals surface area contributed by atoms with Crippen LogP contribution in [0.4, 0.5) is 0 Å². The van der Waals surface area contributed by atoms with Gasteiger partial charge in [0, 0.05) is 5.75 Å². The van der Waals surface area contributed by atoms with Crippen molar-refractivity contribution in [2.24, 2.45) is 11.7 Å². The van der Waals surface area contributed by atoms with E-state index in [1.165, 1.54) is 12.1 Å². The number of carboxylic acids is 1. The fourth-order valence-electron chi connectivity index (χ4n) is 1.53. The van der Waals surface area contributed by atoms with Crippen LogP contribution in [0.1, 0.15) is 5.56 Å². The van der Waals surface area contributed by atoms with Crippen LogP contribution in [0.25, 0.3) is 0 Å². The van der Waals surface area contributed by atoms with Gasteiger partial charge in [0.15, 0.2) is 5.78 Å². The monoisotopic (exact) mass is 269 g/mol. The molecule has 0 amide bonds. The Morgan fingerprint density at radius 3 is 2.28 bits per heavy atom. The van der Waals surface area contributed by atoms with Crippen LogP contribution in [-0.4, -0.2) is 33.8 Å². The van der Waals surface area contributed by atoms with Gasteiger partial charge in [0.2, 0.25) is 0 Å². The number of aromatic hydroxyl groups is 1. The molecule has 18 heavy (non-hydrogen) atoms. The molecule has 0 aromatic heterocycles. The Hall–Kier alpha value is -1.53. The Labute approximate surface area is 110 Å². The van der Waals surface area contributed by atoms with E-state index in [0.717, 1.165) is 5.56 Å². The van der Waals surface area contributed by atoms with Crippen molar-refractivity contribution in [2.75, 3.05) is 5.75 Å². The SMILES string of the molecule is N[C@@H](Cc1ccc(O)cc1)C(=O)[C@@H](CS)C(=O)O. The molecule has 0 aliphatic heterocycles. The topological polar surface area (TPSA) is 101 Å². The van der Waals surface area contributed by atoms with Crippen LogP contribution >= 0.6 is 12.6 Å². The summed E-state index contributed by atoms with van der Waals surface area (Å²) in [4.78, 5) is 22.6. The number of phenolic OH excluding ortho intramolecular Hbond substituents is 1. The van der Waals surface area contributed by atoms with Crippen LogP contribution in [-0.2, 0) is 16.0 Å². The summed E-state index contributed by atoms with van der Waals surface area (Å²) in [5, 5.41) is 17.9. The first-order chi connectivity index (χ1) is 8.45. The summed E-state index contributed by atoms with van der Waals surface area (Å²) in [5.74, 6) is -2.88. The standard InChI is InChI=1S/C12H15NO4S/c13-10(11(15)9(6-18)12(16)17)5-7-1-3-8(14)4-2-7/h1-4,9-10,14,18H,5-6,13H2,(H,16,17)/t9-,10+/m1/s1. The van der Waals surface area contributed by atoms with E-state index in [4.69, 9.17) is 15.9 Å². The fraction of sp³-hybridized carbons (Fsp3) is 0.333. The number of nitrogens with two attached hydrogens (primary N) is 1. The number of carbonyl (C=O) groups excluding carboxylic acids is 1. The molecule has 4 N–H and O–H groups in total. The number of hydrogen-bond acceptors (Lipinski definition) is 5. The summed E-state index contributed by atoms with van der Waals surface area (Å²) in [6.45, 7) is 0. The van der Waals surface area contributed by atoms with Crippen molar-refractivity contribution < 1.29 is 19.8 Å². The number of carboxylic acid groups (broad SMARTS) is 1. The zero-order valence-electron chi connectivity index (χ0n) is 9.61. The lowest BCUT2D eigenvalue weighted by molar-refractivity contribution is -0.145. The molecule has 0 radical (unpaired) electrons. The van der Waals surface area contributed by atoms with Crippen LogP contribution in [0.5, 0.6) is 5.75 Å². The lowest BCUT2D eigenvalue weighted by Crippen LogP contribution is -2.41. The minimum absolute atomic E-state index is 0.0720. The second-order valence-corrected chi connectivity index (χ2v) is 4.32. The van der Waals surface area contributed by atoms with Crippen LogP contribution in [0.2, 0.25) is 0 Å². The molecule has 0 aliphatic carbocycles. The minimum atomic E-state index is -1.21. The summed E-state index contributed by atoms with van der Waals surface area (Å²) in [6.07, 6.45) is 0.233. The smallest absolute Gasteiger partial charge is 0.314 e. The molecule has 5 nitrogen and oxygen atoms in total. The first-order valence-electron chi connectivity index (χ1n) is 5.36. The molecule has 1 aromatic carbocycles. The molecule has 0 spiro atoms. The van der Waals surface area contributed by atoms with Crippen LogP contribution < -0.4 is 5.73 Å². The summed E-state index contributed by atoms with van der Waals surface area (Å²) in [6, 6.07) is 5.36. The molecule has 6 heteroatoms. The highest BCUT2D eigenvalue weighted by atomic mass is 32.1. The van der Waals surface area contributed by atoms with Gasteiger partial charge in [0.05, 0.1) is 6.04 Å². The summed E-state index contributed by atoms with van der Waals surface area (Å²) < 4.78 is 0. The maximum Gasteiger partial charge on any atom is 0.314 e. The zero-order chi connectivity index (χ0) is 13.7. The number of thiol groups is 1. The number of phenols is 1. The Bertz CT molecular complexity index is 432. The van der Waals surface area contributed by atoms with E-state index in [9.17, 15) is 9.59 Å². The van der Waals surface area contributed by atoms with Gasteiger partial charge in [0.1, 0.15) is 11.7 Å². The number of rotatable bonds is 6. The molecule has 1 rings (SSSR count). The van der Waals surface area contributed by atoms with E-state index >= 15 is 0 Å². The molecular weight excluding hydrogens is 254 g/mol. The van der Waals surface area contributed by atoms with Gasteiger partial charge in [-0.15, -0.1) is 0 Å². The predicted octanol–water partition coefficient (Wildman–Crippen LogP) is 0.462. The first-order valence-corrected chi connectivity index (χ1v) is 5.99. The normalized spacial score (nSPS) is 13.9. The van der Waals surface area contributed by atoms with E-state index in [1.807, 2.05) is 0 Å². The number of aliphatic carboxylic acids is 1. The van der Waals surface area contributed by atoms with Gasteiger partial charge < -0.3 is 15.9 Å². The van der Waals surface area contributed by atoms with Crippen molar-refractivity contribution in [2.45, 2.75) is 12.5 Å². The molecule has 1 aromatic rings. The highest BCUT2D eigenvalue weighted by molar-refractivity contribution is 7.80.